The molecule has 0 saturated carbocycles. The van der Waals surface area contributed by atoms with E-state index in [9.17, 15) is 19.4 Å². The van der Waals surface area contributed by atoms with Crippen molar-refractivity contribution in [1.82, 2.24) is 5.32 Å². The number of aliphatic hydroxyl groups excluding tert-OH is 2. The Labute approximate surface area is 175 Å². The number of benzene rings is 2. The molecule has 162 valence electrons. The third-order valence-corrected chi connectivity index (χ3v) is 5.49. The predicted molar refractivity (Wildman–Crippen MR) is 110 cm³/mol. The van der Waals surface area contributed by atoms with E-state index in [2.05, 4.69) is 5.32 Å². The van der Waals surface area contributed by atoms with E-state index in [4.69, 9.17) is 9.47 Å². The topological polar surface area (TPSA) is 88.0 Å². The van der Waals surface area contributed by atoms with Crippen molar-refractivity contribution in [3.05, 3.63) is 53.8 Å². The van der Waals surface area contributed by atoms with Gasteiger partial charge in [-0.15, -0.1) is 0 Å². The zero-order valence-electron chi connectivity index (χ0n) is 17.3. The van der Waals surface area contributed by atoms with Crippen molar-refractivity contribution < 1.29 is 28.9 Å². The van der Waals surface area contributed by atoms with Gasteiger partial charge >= 0.3 is 0 Å². The first-order chi connectivity index (χ1) is 14.3. The molecule has 2 aromatic carbocycles. The first kappa shape index (κ1) is 22.2. The second-order valence-corrected chi connectivity index (χ2v) is 7.73. The molecule has 1 aliphatic rings. The van der Waals surface area contributed by atoms with Gasteiger partial charge in [0.1, 0.15) is 17.7 Å². The standard InChI is InChI=1S/C23H28FNO5/c1-13-14(2)29-23(22(28)21(13)27)30-19-8-7-16(9-10-25-15(3)26)20(12-19)17-5-4-6-18(24)11-17/h4-8,11-14,21-23,27-28H,9-10H2,1-3H3,(H,25,26)/t13-,14-,21+,22+,23-/m0/s1. The lowest BCUT2D eigenvalue weighted by atomic mass is 9.91. The fourth-order valence-corrected chi connectivity index (χ4v) is 3.54. The molecule has 1 heterocycles. The van der Waals surface area contributed by atoms with Crippen molar-refractivity contribution in [2.24, 2.45) is 5.92 Å². The molecule has 0 aliphatic carbocycles. The van der Waals surface area contributed by atoms with Crippen molar-refractivity contribution in [1.29, 1.82) is 0 Å². The Hall–Kier alpha value is -2.48. The Bertz CT molecular complexity index is 890. The third kappa shape index (κ3) is 5.16. The molecule has 5 atom stereocenters. The second kappa shape index (κ2) is 9.55. The molecule has 6 nitrogen and oxygen atoms in total. The zero-order valence-corrected chi connectivity index (χ0v) is 17.3. The summed E-state index contributed by atoms with van der Waals surface area (Å²) in [6.45, 7) is 5.53. The van der Waals surface area contributed by atoms with E-state index < -0.39 is 18.5 Å². The molecule has 30 heavy (non-hydrogen) atoms. The largest absolute Gasteiger partial charge is 0.462 e. The van der Waals surface area contributed by atoms with Crippen LogP contribution in [0.25, 0.3) is 11.1 Å². The second-order valence-electron chi connectivity index (χ2n) is 7.73. The lowest BCUT2D eigenvalue weighted by molar-refractivity contribution is -0.251. The summed E-state index contributed by atoms with van der Waals surface area (Å²) in [7, 11) is 0. The maximum atomic E-state index is 13.8. The molecular formula is C23H28FNO5. The first-order valence-electron chi connectivity index (χ1n) is 10.1. The zero-order chi connectivity index (χ0) is 21.8. The van der Waals surface area contributed by atoms with Crippen LogP contribution in [0, 0.1) is 11.7 Å². The number of ether oxygens (including phenoxy) is 2. The molecular weight excluding hydrogens is 389 g/mol. The quantitative estimate of drug-likeness (QED) is 0.673. The number of hydrogen-bond acceptors (Lipinski definition) is 5. The monoisotopic (exact) mass is 417 g/mol. The number of halogens is 1. The number of nitrogens with one attached hydrogen (secondary N) is 1. The normalized spacial score (nSPS) is 26.3. The van der Waals surface area contributed by atoms with Gasteiger partial charge in [-0.25, -0.2) is 4.39 Å². The van der Waals surface area contributed by atoms with Crippen LogP contribution in [0.2, 0.25) is 0 Å². The van der Waals surface area contributed by atoms with Crippen LogP contribution in [0.15, 0.2) is 42.5 Å². The van der Waals surface area contributed by atoms with Crippen LogP contribution in [-0.2, 0) is 16.0 Å². The molecule has 0 unspecified atom stereocenters. The lowest BCUT2D eigenvalue weighted by Gasteiger charge is -2.39. The minimum absolute atomic E-state index is 0.118. The van der Waals surface area contributed by atoms with Gasteiger partial charge in [0.25, 0.3) is 0 Å². The van der Waals surface area contributed by atoms with Crippen molar-refractivity contribution >= 4 is 5.91 Å². The van der Waals surface area contributed by atoms with Crippen LogP contribution in [0.4, 0.5) is 4.39 Å². The average Bonchev–Trinajstić information content (AvgIpc) is 2.71. The van der Waals surface area contributed by atoms with E-state index >= 15 is 0 Å². The minimum atomic E-state index is -1.19. The van der Waals surface area contributed by atoms with Gasteiger partial charge < -0.3 is 25.0 Å². The van der Waals surface area contributed by atoms with Crippen LogP contribution in [0.3, 0.4) is 0 Å². The third-order valence-electron chi connectivity index (χ3n) is 5.49. The van der Waals surface area contributed by atoms with E-state index in [0.717, 1.165) is 11.1 Å². The van der Waals surface area contributed by atoms with Gasteiger partial charge in [0, 0.05) is 19.4 Å². The van der Waals surface area contributed by atoms with Crippen molar-refractivity contribution in [3.63, 3.8) is 0 Å². The highest BCUT2D eigenvalue weighted by Crippen LogP contribution is 2.32. The first-order valence-corrected chi connectivity index (χ1v) is 10.1. The van der Waals surface area contributed by atoms with Gasteiger partial charge in [0.15, 0.2) is 0 Å². The fourth-order valence-electron chi connectivity index (χ4n) is 3.54. The molecule has 1 fully saturated rings. The summed E-state index contributed by atoms with van der Waals surface area (Å²) in [5, 5.41) is 23.3. The van der Waals surface area contributed by atoms with Gasteiger partial charge in [-0.1, -0.05) is 25.1 Å². The number of hydrogen-bond donors (Lipinski definition) is 3. The molecule has 3 rings (SSSR count). The highest BCUT2D eigenvalue weighted by atomic mass is 19.1. The van der Waals surface area contributed by atoms with Crippen LogP contribution >= 0.6 is 0 Å². The summed E-state index contributed by atoms with van der Waals surface area (Å²) >= 11 is 0. The summed E-state index contributed by atoms with van der Waals surface area (Å²) in [5.74, 6) is -0.273. The predicted octanol–water partition coefficient (Wildman–Crippen LogP) is 2.65. The summed E-state index contributed by atoms with van der Waals surface area (Å²) in [5.41, 5.74) is 2.34. The smallest absolute Gasteiger partial charge is 0.228 e. The molecule has 0 radical (unpaired) electrons. The van der Waals surface area contributed by atoms with E-state index in [1.165, 1.54) is 19.1 Å². The van der Waals surface area contributed by atoms with Gasteiger partial charge in [0.05, 0.1) is 12.2 Å². The summed E-state index contributed by atoms with van der Waals surface area (Å²) in [6, 6.07) is 11.6. The lowest BCUT2D eigenvalue weighted by Crippen LogP contribution is -2.54. The van der Waals surface area contributed by atoms with Gasteiger partial charge in [-0.3, -0.25) is 4.79 Å². The Kier molecular flexibility index (Phi) is 7.07. The molecule has 0 spiro atoms. The maximum Gasteiger partial charge on any atom is 0.228 e. The van der Waals surface area contributed by atoms with E-state index in [-0.39, 0.29) is 23.7 Å². The highest BCUT2D eigenvalue weighted by Gasteiger charge is 2.41. The van der Waals surface area contributed by atoms with Crippen molar-refractivity contribution in [3.8, 4) is 16.9 Å². The summed E-state index contributed by atoms with van der Waals surface area (Å²) in [6.07, 6.45) is -2.89. The average molecular weight is 417 g/mol. The van der Waals surface area contributed by atoms with Gasteiger partial charge in [-0.05, 0) is 54.3 Å². The van der Waals surface area contributed by atoms with Crippen LogP contribution in [0.5, 0.6) is 5.75 Å². The fraction of sp³-hybridized carbons (Fsp3) is 0.435. The van der Waals surface area contributed by atoms with Crippen LogP contribution in [-0.4, -0.2) is 47.3 Å². The molecule has 1 amide bonds. The summed E-state index contributed by atoms with van der Waals surface area (Å²) in [4.78, 5) is 11.2. The number of carbonyl (C=O) groups excluding carboxylic acids is 1. The molecule has 1 saturated heterocycles. The van der Waals surface area contributed by atoms with Gasteiger partial charge in [0.2, 0.25) is 12.2 Å². The minimum Gasteiger partial charge on any atom is -0.462 e. The Balaban J connectivity index is 1.87. The summed E-state index contributed by atoms with van der Waals surface area (Å²) < 4.78 is 25.4. The Morgan fingerprint density at radius 2 is 1.93 bits per heavy atom. The molecule has 0 aromatic heterocycles. The number of rotatable bonds is 6. The number of aliphatic hydroxyl groups is 2. The molecule has 3 N–H and O–H groups in total. The molecule has 1 aliphatic heterocycles. The van der Waals surface area contributed by atoms with E-state index in [0.29, 0.717) is 24.3 Å². The van der Waals surface area contributed by atoms with E-state index in [1.54, 1.807) is 31.2 Å². The van der Waals surface area contributed by atoms with Crippen LogP contribution in [0.1, 0.15) is 26.3 Å². The number of carbonyl (C=O) groups is 1. The molecule has 2 aromatic rings. The SMILES string of the molecule is CC(=O)NCCc1ccc(O[C@@H]2O[C@@H](C)[C@H](C)[C@@H](O)[C@H]2O)cc1-c1cccc(F)c1. The van der Waals surface area contributed by atoms with E-state index in [1.807, 2.05) is 13.0 Å². The number of amides is 1. The molecule has 7 heteroatoms. The highest BCUT2D eigenvalue weighted by molar-refractivity contribution is 5.73. The van der Waals surface area contributed by atoms with Gasteiger partial charge in [-0.2, -0.15) is 0 Å². The molecule has 0 bridgehead atoms. The van der Waals surface area contributed by atoms with Crippen molar-refractivity contribution in [2.75, 3.05) is 6.54 Å². The Morgan fingerprint density at radius 3 is 2.63 bits per heavy atom. The Morgan fingerprint density at radius 1 is 1.17 bits per heavy atom. The van der Waals surface area contributed by atoms with Crippen molar-refractivity contribution in [2.45, 2.75) is 51.8 Å². The maximum absolute atomic E-state index is 13.8. The van der Waals surface area contributed by atoms with Crippen LogP contribution < -0.4 is 10.1 Å².